The Morgan fingerprint density at radius 2 is 1.88 bits per heavy atom. The summed E-state index contributed by atoms with van der Waals surface area (Å²) in [6.07, 6.45) is 10.6. The van der Waals surface area contributed by atoms with Gasteiger partial charge in [0.15, 0.2) is 17.7 Å². The van der Waals surface area contributed by atoms with Gasteiger partial charge in [0.25, 0.3) is 0 Å². The Bertz CT molecular complexity index is 663. The molecule has 0 aromatic carbocycles. The molecule has 0 N–H and O–H groups in total. The number of esters is 1. The molecule has 3 saturated carbocycles. The first-order valence-electron chi connectivity index (χ1n) is 10.3. The Kier molecular flexibility index (Phi) is 4.56. The van der Waals surface area contributed by atoms with Gasteiger partial charge >= 0.3 is 5.97 Å². The lowest BCUT2D eigenvalue weighted by atomic mass is 9.50. The van der Waals surface area contributed by atoms with E-state index in [-0.39, 0.29) is 17.2 Å². The lowest BCUT2D eigenvalue weighted by molar-refractivity contribution is -0.170. The molecule has 0 aromatic heterocycles. The minimum atomic E-state index is -0.571. The van der Waals surface area contributed by atoms with Crippen molar-refractivity contribution in [3.63, 3.8) is 0 Å². The fourth-order valence-electron chi connectivity index (χ4n) is 7.11. The predicted octanol–water partition coefficient (Wildman–Crippen LogP) is 4.02. The monoisotopic (exact) mass is 358 g/mol. The molecule has 0 aromatic rings. The van der Waals surface area contributed by atoms with Gasteiger partial charge in [-0.15, -0.1) is 0 Å². The summed E-state index contributed by atoms with van der Waals surface area (Å²) in [5.41, 5.74) is 1.24. The molecule has 142 valence electrons. The van der Waals surface area contributed by atoms with Crippen molar-refractivity contribution in [1.82, 2.24) is 0 Å². The highest BCUT2D eigenvalue weighted by Crippen LogP contribution is 2.63. The van der Waals surface area contributed by atoms with Crippen molar-refractivity contribution < 1.29 is 19.1 Å². The number of rotatable bonds is 3. The number of ketones is 2. The average Bonchev–Trinajstić information content (AvgIpc) is 3.03. The Morgan fingerprint density at radius 1 is 1.08 bits per heavy atom. The second kappa shape index (κ2) is 6.61. The highest BCUT2D eigenvalue weighted by Gasteiger charge is 2.59. The molecule has 6 atom stereocenters. The molecule has 1 unspecified atom stereocenters. The van der Waals surface area contributed by atoms with Crippen molar-refractivity contribution in [2.24, 2.45) is 29.1 Å². The summed E-state index contributed by atoms with van der Waals surface area (Å²) in [5, 5.41) is 0. The van der Waals surface area contributed by atoms with Gasteiger partial charge in [-0.25, -0.2) is 0 Å². The van der Waals surface area contributed by atoms with Crippen molar-refractivity contribution in [2.75, 3.05) is 0 Å². The molecule has 3 fully saturated rings. The van der Waals surface area contributed by atoms with Crippen LogP contribution in [-0.4, -0.2) is 23.6 Å². The van der Waals surface area contributed by atoms with Crippen molar-refractivity contribution in [3.8, 4) is 0 Å². The van der Waals surface area contributed by atoms with Gasteiger partial charge in [-0.3, -0.25) is 14.4 Å². The van der Waals surface area contributed by atoms with E-state index in [1.807, 2.05) is 6.08 Å². The van der Waals surface area contributed by atoms with Gasteiger partial charge in [0, 0.05) is 18.8 Å². The summed E-state index contributed by atoms with van der Waals surface area (Å²) < 4.78 is 5.61. The van der Waals surface area contributed by atoms with Gasteiger partial charge in [-0.05, 0) is 81.6 Å². The van der Waals surface area contributed by atoms with E-state index >= 15 is 0 Å². The molecule has 26 heavy (non-hydrogen) atoms. The third kappa shape index (κ3) is 2.76. The molecule has 4 rings (SSSR count). The minimum absolute atomic E-state index is 0.00482. The highest BCUT2D eigenvalue weighted by molar-refractivity contribution is 5.91. The van der Waals surface area contributed by atoms with E-state index in [2.05, 4.69) is 0 Å². The van der Waals surface area contributed by atoms with Gasteiger partial charge in [-0.2, -0.15) is 0 Å². The number of carbonyl (C=O) groups is 3. The van der Waals surface area contributed by atoms with E-state index in [9.17, 15) is 14.4 Å². The Morgan fingerprint density at radius 3 is 2.62 bits per heavy atom. The molecule has 0 bridgehead atoms. The first-order chi connectivity index (χ1) is 12.4. The van der Waals surface area contributed by atoms with Crippen molar-refractivity contribution in [3.05, 3.63) is 11.6 Å². The van der Waals surface area contributed by atoms with Gasteiger partial charge in [-0.1, -0.05) is 12.0 Å². The maximum Gasteiger partial charge on any atom is 0.303 e. The second-order valence-corrected chi connectivity index (χ2v) is 9.07. The Labute approximate surface area is 155 Å². The van der Waals surface area contributed by atoms with Crippen LogP contribution < -0.4 is 0 Å². The molecular formula is C22H30O4. The van der Waals surface area contributed by atoms with Gasteiger partial charge in [0.2, 0.25) is 0 Å². The zero-order valence-electron chi connectivity index (χ0n) is 16.0. The lowest BCUT2D eigenvalue weighted by Crippen LogP contribution is -2.53. The van der Waals surface area contributed by atoms with Crippen LogP contribution in [0.5, 0.6) is 0 Å². The second-order valence-electron chi connectivity index (χ2n) is 9.07. The number of ether oxygens (including phenoxy) is 1. The van der Waals surface area contributed by atoms with E-state index in [4.69, 9.17) is 4.74 Å². The maximum absolute atomic E-state index is 12.4. The highest BCUT2D eigenvalue weighted by atomic mass is 16.5. The van der Waals surface area contributed by atoms with Crippen LogP contribution in [0.15, 0.2) is 11.6 Å². The normalized spacial score (nSPS) is 39.9. The molecule has 4 nitrogen and oxygen atoms in total. The standard InChI is InChI=1S/C22H30O4/c1-13(23)21(26-14(2)24)22-10-3-4-20(22)19-7-5-15-12-16(25)6-8-17(15)18(19)9-11-22/h12,17-21H,3-11H2,1-2H3/t17-,18+,19+,20-,21?,22+/m0/s1. The summed E-state index contributed by atoms with van der Waals surface area (Å²) in [6, 6.07) is 0. The predicted molar refractivity (Wildman–Crippen MR) is 97.3 cm³/mol. The quantitative estimate of drug-likeness (QED) is 0.715. The van der Waals surface area contributed by atoms with Crippen LogP contribution in [0.2, 0.25) is 0 Å². The summed E-state index contributed by atoms with van der Waals surface area (Å²) in [5.74, 6) is 2.26. The van der Waals surface area contributed by atoms with Crippen molar-refractivity contribution in [2.45, 2.75) is 77.7 Å². The molecule has 0 amide bonds. The topological polar surface area (TPSA) is 60.4 Å². The van der Waals surface area contributed by atoms with E-state index < -0.39 is 6.10 Å². The molecule has 4 aliphatic rings. The summed E-state index contributed by atoms with van der Waals surface area (Å²) in [6.45, 7) is 3.00. The first kappa shape index (κ1) is 17.9. The zero-order chi connectivity index (χ0) is 18.5. The number of fused-ring (bicyclic) bond motifs is 5. The molecule has 4 aliphatic carbocycles. The molecule has 4 heteroatoms. The Balaban J connectivity index is 1.64. The zero-order valence-corrected chi connectivity index (χ0v) is 16.0. The largest absolute Gasteiger partial charge is 0.454 e. The molecule has 0 spiro atoms. The van der Waals surface area contributed by atoms with Crippen LogP contribution in [0.1, 0.15) is 71.6 Å². The molecule has 0 aliphatic heterocycles. The SMILES string of the molecule is CC(=O)OC(C(C)=O)[C@@]12CCC[C@H]1[C@@H]1CCC3=CC(=O)CC[C@@H]3[C@H]1CC2. The first-order valence-corrected chi connectivity index (χ1v) is 10.3. The number of allylic oxidation sites excluding steroid dienone is 1. The molecule has 0 radical (unpaired) electrons. The van der Waals surface area contributed by atoms with Crippen LogP contribution in [-0.2, 0) is 19.1 Å². The van der Waals surface area contributed by atoms with E-state index in [0.717, 1.165) is 51.4 Å². The minimum Gasteiger partial charge on any atom is -0.454 e. The molecule has 0 heterocycles. The Hall–Kier alpha value is -1.45. The fourth-order valence-corrected chi connectivity index (χ4v) is 7.11. The molecule has 0 saturated heterocycles. The average molecular weight is 358 g/mol. The van der Waals surface area contributed by atoms with Gasteiger partial charge in [0.05, 0.1) is 0 Å². The smallest absolute Gasteiger partial charge is 0.303 e. The number of carbonyl (C=O) groups excluding carboxylic acids is 3. The summed E-state index contributed by atoms with van der Waals surface area (Å²) >= 11 is 0. The lowest BCUT2D eigenvalue weighted by Gasteiger charge is -2.55. The number of Topliss-reactive ketones (excluding diaryl/α,β-unsaturated/α-hetero) is 1. The third-order valence-corrected chi connectivity index (χ3v) is 7.89. The fraction of sp³-hybridized carbons (Fsp3) is 0.773. The van der Waals surface area contributed by atoms with E-state index in [1.165, 1.54) is 12.5 Å². The van der Waals surface area contributed by atoms with Crippen molar-refractivity contribution in [1.29, 1.82) is 0 Å². The van der Waals surface area contributed by atoms with Gasteiger partial charge < -0.3 is 4.74 Å². The maximum atomic E-state index is 12.4. The third-order valence-electron chi connectivity index (χ3n) is 7.89. The van der Waals surface area contributed by atoms with Gasteiger partial charge in [0.1, 0.15) is 0 Å². The van der Waals surface area contributed by atoms with Crippen LogP contribution in [0.3, 0.4) is 0 Å². The molecular weight excluding hydrogens is 328 g/mol. The van der Waals surface area contributed by atoms with Crippen LogP contribution in [0, 0.1) is 29.1 Å². The van der Waals surface area contributed by atoms with Crippen LogP contribution in [0.25, 0.3) is 0 Å². The number of hydrogen-bond donors (Lipinski definition) is 0. The van der Waals surface area contributed by atoms with Crippen molar-refractivity contribution >= 4 is 17.5 Å². The number of hydrogen-bond acceptors (Lipinski definition) is 4. The van der Waals surface area contributed by atoms with Crippen LogP contribution >= 0.6 is 0 Å². The summed E-state index contributed by atoms with van der Waals surface area (Å²) in [4.78, 5) is 35.9. The van der Waals surface area contributed by atoms with E-state index in [1.54, 1.807) is 6.92 Å². The summed E-state index contributed by atoms with van der Waals surface area (Å²) in [7, 11) is 0. The van der Waals surface area contributed by atoms with Crippen LogP contribution in [0.4, 0.5) is 0 Å². The van der Waals surface area contributed by atoms with E-state index in [0.29, 0.717) is 35.9 Å².